The van der Waals surface area contributed by atoms with Crippen LogP contribution >= 0.6 is 0 Å². The second kappa shape index (κ2) is 5.29. The van der Waals surface area contributed by atoms with Crippen molar-refractivity contribution in [3.63, 3.8) is 0 Å². The van der Waals surface area contributed by atoms with Gasteiger partial charge in [-0.1, -0.05) is 29.8 Å². The van der Waals surface area contributed by atoms with Gasteiger partial charge in [0.2, 0.25) is 0 Å². The molecule has 1 aromatic heterocycles. The molecule has 102 valence electrons. The normalized spacial score (nSPS) is 10.8. The number of anilines is 1. The summed E-state index contributed by atoms with van der Waals surface area (Å²) in [5, 5.41) is 1.01. The topological polar surface area (TPSA) is 51.0 Å². The van der Waals surface area contributed by atoms with Gasteiger partial charge in [0, 0.05) is 23.5 Å². The van der Waals surface area contributed by atoms with Crippen LogP contribution in [0.1, 0.15) is 11.1 Å². The van der Waals surface area contributed by atoms with Crippen LogP contribution in [0, 0.1) is 6.92 Å². The minimum atomic E-state index is 0.666. The van der Waals surface area contributed by atoms with E-state index in [1.165, 1.54) is 11.1 Å². The average Bonchev–Trinajstić information content (AvgIpc) is 2.83. The largest absolute Gasteiger partial charge is 0.493 e. The molecular formula is C17H18N2O. The highest BCUT2D eigenvalue weighted by atomic mass is 16.5. The number of nitrogen functional groups attached to an aromatic ring is 1. The fraction of sp³-hybridized carbons (Fsp3) is 0.176. The zero-order valence-corrected chi connectivity index (χ0v) is 11.5. The monoisotopic (exact) mass is 266 g/mol. The van der Waals surface area contributed by atoms with E-state index >= 15 is 0 Å². The highest BCUT2D eigenvalue weighted by Gasteiger charge is 2.02. The summed E-state index contributed by atoms with van der Waals surface area (Å²) in [5.41, 5.74) is 10.3. The number of benzene rings is 2. The Bertz CT molecular complexity index is 713. The van der Waals surface area contributed by atoms with Crippen molar-refractivity contribution in [3.8, 4) is 5.75 Å². The Labute approximate surface area is 118 Å². The van der Waals surface area contributed by atoms with Gasteiger partial charge in [-0.2, -0.15) is 0 Å². The van der Waals surface area contributed by atoms with Gasteiger partial charge in [-0.3, -0.25) is 0 Å². The Balaban J connectivity index is 1.64. The van der Waals surface area contributed by atoms with E-state index in [-0.39, 0.29) is 0 Å². The van der Waals surface area contributed by atoms with Gasteiger partial charge in [0.25, 0.3) is 0 Å². The van der Waals surface area contributed by atoms with E-state index in [0.29, 0.717) is 6.61 Å². The van der Waals surface area contributed by atoms with Crippen LogP contribution in [0.4, 0.5) is 5.69 Å². The minimum Gasteiger partial charge on any atom is -0.493 e. The Morgan fingerprint density at radius 1 is 1.10 bits per heavy atom. The van der Waals surface area contributed by atoms with Crippen molar-refractivity contribution >= 4 is 16.6 Å². The molecule has 0 atom stereocenters. The molecule has 3 nitrogen and oxygen atoms in total. The number of hydrogen-bond acceptors (Lipinski definition) is 2. The van der Waals surface area contributed by atoms with E-state index in [0.717, 1.165) is 28.8 Å². The van der Waals surface area contributed by atoms with E-state index in [1.807, 2.05) is 18.2 Å². The molecule has 0 bridgehead atoms. The molecule has 20 heavy (non-hydrogen) atoms. The van der Waals surface area contributed by atoms with Crippen LogP contribution in [0.2, 0.25) is 0 Å². The van der Waals surface area contributed by atoms with Crippen LogP contribution in [0.15, 0.2) is 48.7 Å². The fourth-order valence-electron chi connectivity index (χ4n) is 2.25. The highest BCUT2D eigenvalue weighted by Crippen LogP contribution is 2.25. The lowest BCUT2D eigenvalue weighted by Gasteiger charge is -2.07. The molecule has 3 heteroatoms. The van der Waals surface area contributed by atoms with Crippen LogP contribution in [-0.2, 0) is 6.42 Å². The first kappa shape index (κ1) is 12.6. The van der Waals surface area contributed by atoms with Gasteiger partial charge >= 0.3 is 0 Å². The number of ether oxygens (including phenoxy) is 1. The Morgan fingerprint density at radius 3 is 2.70 bits per heavy atom. The zero-order chi connectivity index (χ0) is 13.9. The van der Waals surface area contributed by atoms with Gasteiger partial charge in [0.1, 0.15) is 5.75 Å². The van der Waals surface area contributed by atoms with E-state index < -0.39 is 0 Å². The molecule has 0 aliphatic heterocycles. The van der Waals surface area contributed by atoms with Crippen molar-refractivity contribution in [2.45, 2.75) is 13.3 Å². The third-order valence-corrected chi connectivity index (χ3v) is 3.47. The van der Waals surface area contributed by atoms with Crippen molar-refractivity contribution in [2.75, 3.05) is 12.3 Å². The number of aromatic amines is 1. The van der Waals surface area contributed by atoms with Crippen LogP contribution in [0.3, 0.4) is 0 Å². The summed E-state index contributed by atoms with van der Waals surface area (Å²) < 4.78 is 5.80. The third kappa shape index (κ3) is 2.62. The first-order chi connectivity index (χ1) is 9.72. The smallest absolute Gasteiger partial charge is 0.120 e. The lowest BCUT2D eigenvalue weighted by molar-refractivity contribution is 0.322. The molecule has 3 aromatic rings. The number of H-pyrrole nitrogens is 1. The predicted molar refractivity (Wildman–Crippen MR) is 83.1 cm³/mol. The second-order valence-electron chi connectivity index (χ2n) is 5.04. The first-order valence-electron chi connectivity index (χ1n) is 6.77. The molecular weight excluding hydrogens is 248 g/mol. The summed E-state index contributed by atoms with van der Waals surface area (Å²) in [4.78, 5) is 3.12. The first-order valence-corrected chi connectivity index (χ1v) is 6.77. The quantitative estimate of drug-likeness (QED) is 0.756. The maximum absolute atomic E-state index is 5.89. The summed E-state index contributed by atoms with van der Waals surface area (Å²) in [6, 6.07) is 14.5. The zero-order valence-electron chi connectivity index (χ0n) is 11.5. The van der Waals surface area contributed by atoms with Gasteiger partial charge in [-0.05, 0) is 30.7 Å². The molecule has 2 aromatic carbocycles. The molecule has 0 amide bonds. The van der Waals surface area contributed by atoms with Crippen LogP contribution in [-0.4, -0.2) is 11.6 Å². The molecule has 0 radical (unpaired) electrons. The van der Waals surface area contributed by atoms with Gasteiger partial charge in [-0.25, -0.2) is 0 Å². The van der Waals surface area contributed by atoms with E-state index in [1.54, 1.807) is 6.20 Å². The molecule has 0 aliphatic carbocycles. The number of nitrogens with two attached hydrogens (primary N) is 1. The molecule has 3 N–H and O–H groups in total. The number of nitrogens with one attached hydrogen (secondary N) is 1. The minimum absolute atomic E-state index is 0.666. The molecule has 0 unspecified atom stereocenters. The molecule has 0 aliphatic rings. The lowest BCUT2D eigenvalue weighted by Crippen LogP contribution is -2.01. The van der Waals surface area contributed by atoms with Gasteiger partial charge in [0.15, 0.2) is 0 Å². The molecule has 0 saturated carbocycles. The fourth-order valence-corrected chi connectivity index (χ4v) is 2.25. The Kier molecular flexibility index (Phi) is 3.33. The number of aromatic nitrogens is 1. The van der Waals surface area contributed by atoms with Gasteiger partial charge in [-0.15, -0.1) is 0 Å². The predicted octanol–water partition coefficient (Wildman–Crippen LogP) is 3.68. The lowest BCUT2D eigenvalue weighted by atomic mass is 10.1. The third-order valence-electron chi connectivity index (χ3n) is 3.47. The SMILES string of the molecule is Cc1ccc(CCOc2ccc3[nH]cc(N)c3c2)cc1. The number of rotatable bonds is 4. The molecule has 0 fully saturated rings. The Morgan fingerprint density at radius 2 is 1.90 bits per heavy atom. The van der Waals surface area contributed by atoms with Crippen molar-refractivity contribution in [1.82, 2.24) is 4.98 Å². The number of aryl methyl sites for hydroxylation is 1. The molecule has 0 saturated heterocycles. The summed E-state index contributed by atoms with van der Waals surface area (Å²) in [5.74, 6) is 0.857. The summed E-state index contributed by atoms with van der Waals surface area (Å²) in [6.45, 7) is 2.76. The summed E-state index contributed by atoms with van der Waals surface area (Å²) in [7, 11) is 0. The maximum atomic E-state index is 5.89. The summed E-state index contributed by atoms with van der Waals surface area (Å²) >= 11 is 0. The summed E-state index contributed by atoms with van der Waals surface area (Å²) in [6.07, 6.45) is 2.71. The van der Waals surface area contributed by atoms with E-state index in [9.17, 15) is 0 Å². The van der Waals surface area contributed by atoms with Crippen molar-refractivity contribution in [2.24, 2.45) is 0 Å². The maximum Gasteiger partial charge on any atom is 0.120 e. The van der Waals surface area contributed by atoms with Crippen molar-refractivity contribution in [3.05, 3.63) is 59.8 Å². The highest BCUT2D eigenvalue weighted by molar-refractivity contribution is 5.92. The molecule has 3 rings (SSSR count). The van der Waals surface area contributed by atoms with Gasteiger partial charge in [0.05, 0.1) is 12.3 Å². The van der Waals surface area contributed by atoms with Crippen molar-refractivity contribution in [1.29, 1.82) is 0 Å². The van der Waals surface area contributed by atoms with Crippen molar-refractivity contribution < 1.29 is 4.74 Å². The average molecular weight is 266 g/mol. The van der Waals surface area contributed by atoms with Crippen LogP contribution < -0.4 is 10.5 Å². The Hall–Kier alpha value is -2.42. The number of fused-ring (bicyclic) bond motifs is 1. The van der Waals surface area contributed by atoms with E-state index in [2.05, 4.69) is 36.2 Å². The second-order valence-corrected chi connectivity index (χ2v) is 5.04. The van der Waals surface area contributed by atoms with Gasteiger partial charge < -0.3 is 15.5 Å². The molecule has 1 heterocycles. The standard InChI is InChI=1S/C17H18N2O/c1-12-2-4-13(5-3-12)8-9-20-14-6-7-17-15(10-14)16(18)11-19-17/h2-7,10-11,19H,8-9,18H2,1H3. The van der Waals surface area contributed by atoms with E-state index in [4.69, 9.17) is 10.5 Å². The van der Waals surface area contributed by atoms with Crippen LogP contribution in [0.25, 0.3) is 10.9 Å². The molecule has 0 spiro atoms. The number of hydrogen-bond donors (Lipinski definition) is 2. The van der Waals surface area contributed by atoms with Crippen LogP contribution in [0.5, 0.6) is 5.75 Å².